The fraction of sp³-hybridized carbons (Fsp3) is 0.787. The largest absolute Gasteiger partial charge is 0.511 e. The van der Waals surface area contributed by atoms with Crippen molar-refractivity contribution in [2.75, 3.05) is 20.8 Å². The van der Waals surface area contributed by atoms with Crippen molar-refractivity contribution in [1.82, 2.24) is 5.32 Å². The highest BCUT2D eigenvalue weighted by molar-refractivity contribution is 6.26. The molecule has 5 aliphatic carbocycles. The van der Waals surface area contributed by atoms with Crippen molar-refractivity contribution in [2.45, 2.75) is 235 Å². The van der Waals surface area contributed by atoms with Crippen LogP contribution in [-0.2, 0) is 52.2 Å². The molecule has 4 saturated heterocycles. The lowest BCUT2D eigenvalue weighted by Gasteiger charge is -2.56. The van der Waals surface area contributed by atoms with Crippen LogP contribution in [0.25, 0.3) is 0 Å². The summed E-state index contributed by atoms with van der Waals surface area (Å²) < 4.78 is 54.8. The molecule has 23 nitrogen and oxygen atoms in total. The summed E-state index contributed by atoms with van der Waals surface area (Å²) >= 11 is 0. The zero-order chi connectivity index (χ0) is 61.4. The summed E-state index contributed by atoms with van der Waals surface area (Å²) in [5, 5.41) is 98.5. The molecule has 9 rings (SSSR count). The molecular formula is C61H90N2O21. The molecule has 8 N–H and O–H groups in total. The number of amides is 1. The monoisotopic (exact) mass is 1190 g/mol. The molecule has 0 aromatic heterocycles. The minimum absolute atomic E-state index is 0.0419. The van der Waals surface area contributed by atoms with Crippen molar-refractivity contribution in [1.29, 1.82) is 0 Å². The smallest absolute Gasteiger partial charge is 0.407 e. The Morgan fingerprint density at radius 1 is 0.821 bits per heavy atom. The summed E-state index contributed by atoms with van der Waals surface area (Å²) in [6, 6.07) is -1.08. The number of allylic oxidation sites excluding steroid dienone is 5. The van der Waals surface area contributed by atoms with E-state index in [1.54, 1.807) is 41.5 Å². The number of esters is 1. The van der Waals surface area contributed by atoms with E-state index in [9.17, 15) is 55.4 Å². The van der Waals surface area contributed by atoms with E-state index in [1.807, 2.05) is 51.2 Å². The zero-order valence-electron chi connectivity index (χ0n) is 50.3. The van der Waals surface area contributed by atoms with E-state index < -0.39 is 196 Å². The molecule has 23 heteroatoms. The van der Waals surface area contributed by atoms with Gasteiger partial charge in [0.05, 0.1) is 87.3 Å². The van der Waals surface area contributed by atoms with E-state index in [4.69, 9.17) is 42.6 Å². The van der Waals surface area contributed by atoms with E-state index in [1.165, 1.54) is 14.0 Å². The predicted molar refractivity (Wildman–Crippen MR) is 298 cm³/mol. The van der Waals surface area contributed by atoms with Crippen LogP contribution in [0, 0.1) is 57.0 Å². The van der Waals surface area contributed by atoms with Gasteiger partial charge in [0.15, 0.2) is 18.2 Å². The second-order valence-corrected chi connectivity index (χ2v) is 26.4. The van der Waals surface area contributed by atoms with Crippen molar-refractivity contribution >= 4 is 17.8 Å². The maximum absolute atomic E-state index is 15.3. The molecule has 2 saturated carbocycles. The molecular weight excluding hydrogens is 1100 g/mol. The van der Waals surface area contributed by atoms with Crippen LogP contribution >= 0.6 is 0 Å². The molecule has 0 radical (unpaired) electrons. The number of nitro groups is 1. The average Bonchev–Trinajstić information content (AvgIpc) is 1.43. The van der Waals surface area contributed by atoms with Gasteiger partial charge in [-0.05, 0) is 88.7 Å². The van der Waals surface area contributed by atoms with Gasteiger partial charge in [-0.3, -0.25) is 14.9 Å². The number of carbonyl (C=O) groups is 3. The Kier molecular flexibility index (Phi) is 18.7. The highest BCUT2D eigenvalue weighted by atomic mass is 16.7. The summed E-state index contributed by atoms with van der Waals surface area (Å²) in [7, 11) is 2.65. The number of nitrogens with one attached hydrogen (secondary N) is 1. The van der Waals surface area contributed by atoms with Crippen LogP contribution in [-0.4, -0.2) is 194 Å². The second-order valence-electron chi connectivity index (χ2n) is 26.4. The van der Waals surface area contributed by atoms with Crippen LogP contribution in [0.1, 0.15) is 121 Å². The van der Waals surface area contributed by atoms with Crippen molar-refractivity contribution in [3.8, 4) is 0 Å². The number of hydrogen-bond acceptors (Lipinski definition) is 21. The standard InChI is InChI=1S/C61H90N2O21/c1-27-13-16-42(82-46-25-58(9,63(74)75)52(34(8)80-46)62-57(72)77-12)28(2)17-35-20-36(26-64)31(5)61(23-35)55(70)47(56(71)84-61)54(69)59(10)39(27)15-14-38-48(59)29(3)19-43(49(38)67)81-37-18-30(4)53(68)60(73,24-37)44-21-40(65)51(33(7)78-44)83-45-22-41(66)50(76-11)32(6)79-45/h13-15,17,20,29-35,37-46,48-53,64-69,73H,16,18-19,21-26H2,1-12H3,(H,62,72)/b27-13-,28-17-,54-47?/t29-,30?,31-,32?,33?,34?,35+,37?,38-,39-,40?,41?,42-,43-,44?,45?,46?,48+,49+,50?,51?,52?,53?,58?,59+,60?,61?/m0/s1. The van der Waals surface area contributed by atoms with Gasteiger partial charge in [-0.15, -0.1) is 0 Å². The Hall–Kier alpha value is -4.21. The zero-order valence-corrected chi connectivity index (χ0v) is 50.3. The summed E-state index contributed by atoms with van der Waals surface area (Å²) in [6.45, 7) is 17.0. The van der Waals surface area contributed by atoms with E-state index >= 15 is 4.79 Å². The number of fused-ring (bicyclic) bond motifs is 5. The topological polar surface area (TPSA) is 331 Å². The van der Waals surface area contributed by atoms with E-state index in [0.717, 1.165) is 7.11 Å². The lowest BCUT2D eigenvalue weighted by molar-refractivity contribution is -0.584. The highest BCUT2D eigenvalue weighted by Gasteiger charge is 2.65. The average molecular weight is 1190 g/mol. The molecule has 0 aromatic carbocycles. The molecule has 27 atom stereocenters. The molecule has 1 amide bonds. The number of Topliss-reactive ketones (excluding diaryl/α,β-unsaturated/α-hetero) is 1. The first-order valence-corrected chi connectivity index (χ1v) is 29.9. The van der Waals surface area contributed by atoms with E-state index in [0.29, 0.717) is 23.1 Å². The Bertz CT molecular complexity index is 2640. The summed E-state index contributed by atoms with van der Waals surface area (Å²) in [4.78, 5) is 54.6. The first kappa shape index (κ1) is 64.3. The normalized spacial score (nSPS) is 49.4. The number of rotatable bonds is 11. The minimum Gasteiger partial charge on any atom is -0.511 e. The highest BCUT2D eigenvalue weighted by Crippen LogP contribution is 2.60. The third kappa shape index (κ3) is 11.3. The lowest BCUT2D eigenvalue weighted by atomic mass is 9.50. The van der Waals surface area contributed by atoms with Crippen molar-refractivity contribution in [3.63, 3.8) is 0 Å². The van der Waals surface area contributed by atoms with Gasteiger partial charge in [-0.2, -0.15) is 0 Å². The van der Waals surface area contributed by atoms with Crippen molar-refractivity contribution < 1.29 is 97.7 Å². The third-order valence-electron chi connectivity index (χ3n) is 21.0. The minimum atomic E-state index is -1.90. The maximum atomic E-state index is 15.3. The number of ketones is 1. The number of aliphatic hydroxyl groups is 7. The third-order valence-corrected chi connectivity index (χ3v) is 21.0. The molecule has 9 aliphatic rings. The van der Waals surface area contributed by atoms with Crippen molar-refractivity contribution in [2.24, 2.45) is 46.8 Å². The van der Waals surface area contributed by atoms with Crippen molar-refractivity contribution in [3.05, 3.63) is 68.5 Å². The molecule has 470 valence electrons. The number of alkyl carbamates (subject to hydrolysis) is 1. The van der Waals surface area contributed by atoms with E-state index in [-0.39, 0.29) is 50.9 Å². The molecule has 4 heterocycles. The molecule has 84 heavy (non-hydrogen) atoms. The Morgan fingerprint density at radius 2 is 1.50 bits per heavy atom. The predicted octanol–water partition coefficient (Wildman–Crippen LogP) is 4.35. The second kappa shape index (κ2) is 24.4. The van der Waals surface area contributed by atoms with Gasteiger partial charge in [0.2, 0.25) is 11.3 Å². The lowest BCUT2D eigenvalue weighted by Crippen LogP contribution is -2.65. The Balaban J connectivity index is 1.01. The fourth-order valence-electron chi connectivity index (χ4n) is 16.4. The Labute approximate surface area is 490 Å². The molecule has 3 bridgehead atoms. The molecule has 17 unspecified atom stereocenters. The van der Waals surface area contributed by atoms with E-state index in [2.05, 4.69) is 5.32 Å². The number of carbonyl (C=O) groups excluding carboxylic acids is 3. The van der Waals surface area contributed by atoms with Crippen LogP contribution in [0.3, 0.4) is 0 Å². The van der Waals surface area contributed by atoms with Gasteiger partial charge in [0.25, 0.3) is 0 Å². The van der Waals surface area contributed by atoms with Crippen LogP contribution in [0.15, 0.2) is 58.4 Å². The number of ether oxygens (including phenoxy) is 9. The maximum Gasteiger partial charge on any atom is 0.407 e. The van der Waals surface area contributed by atoms with Crippen LogP contribution in [0.2, 0.25) is 0 Å². The Morgan fingerprint density at radius 3 is 2.14 bits per heavy atom. The number of nitrogens with zero attached hydrogens (tertiary/aromatic N) is 1. The van der Waals surface area contributed by atoms with Crippen LogP contribution < -0.4 is 5.32 Å². The summed E-state index contributed by atoms with van der Waals surface area (Å²) in [5.74, 6) is -6.58. The van der Waals surface area contributed by atoms with Gasteiger partial charge in [0, 0.05) is 67.8 Å². The fourth-order valence-corrected chi connectivity index (χ4v) is 16.4. The van der Waals surface area contributed by atoms with Gasteiger partial charge in [-0.25, -0.2) is 9.59 Å². The molecule has 4 aliphatic heterocycles. The molecule has 0 aromatic rings. The molecule has 6 fully saturated rings. The first-order valence-electron chi connectivity index (χ1n) is 29.9. The number of aliphatic hydroxyl groups excluding tert-OH is 6. The van der Waals surface area contributed by atoms with Gasteiger partial charge in [0.1, 0.15) is 35.2 Å². The summed E-state index contributed by atoms with van der Waals surface area (Å²) in [5.41, 5.74) is -5.63. The summed E-state index contributed by atoms with van der Waals surface area (Å²) in [6.07, 6.45) is -4.69. The van der Waals surface area contributed by atoms with Crippen LogP contribution in [0.4, 0.5) is 4.79 Å². The van der Waals surface area contributed by atoms with Gasteiger partial charge >= 0.3 is 12.1 Å². The molecule has 1 spiro atoms. The number of methoxy groups -OCH3 is 2. The van der Waals surface area contributed by atoms with Gasteiger partial charge < -0.3 is 83.7 Å². The van der Waals surface area contributed by atoms with Crippen LogP contribution in [0.5, 0.6) is 0 Å². The number of hydrogen-bond donors (Lipinski definition) is 8. The first-order chi connectivity index (χ1) is 39.5. The SMILES string of the molecule is COC(=O)NC1C(C)OC(O[C@H]2C/C=C(/C)[C@@H]3C=C[C@@H]4[C@@H](O)[C@@H](OC5CC(C)C(O)C(O)(C6CC(O)C(OC7CC(O)C(OC)C(C)O7)C(C)O6)C5)C[C@H](C)[C@H]4[C@]3(C)C(O)=C3C(=O)OC4(C[C@@H](C=C(CO)[C@@H]4C)/C=C\2C)C3=O)CC1(C)[N+](=O)[O-]. The quantitative estimate of drug-likeness (QED) is 0.0469. The van der Waals surface area contributed by atoms with Gasteiger partial charge in [-0.1, -0.05) is 63.6 Å².